The molecule has 3 N–H and O–H groups in total. The number of nitrogens with two attached hydrogens (primary N) is 1. The van der Waals surface area contributed by atoms with Crippen molar-refractivity contribution in [2.45, 2.75) is 25.7 Å². The molecule has 0 atom stereocenters. The predicted molar refractivity (Wildman–Crippen MR) is 84.2 cm³/mol. The van der Waals surface area contributed by atoms with Gasteiger partial charge in [-0.3, -0.25) is 0 Å². The third kappa shape index (κ3) is 9.40. The van der Waals surface area contributed by atoms with Gasteiger partial charge in [-0.1, -0.05) is 12.8 Å². The summed E-state index contributed by atoms with van der Waals surface area (Å²) < 4.78 is 5.00. The van der Waals surface area contributed by atoms with Crippen LogP contribution in [-0.4, -0.2) is 20.3 Å². The van der Waals surface area contributed by atoms with Crippen LogP contribution >= 0.6 is 24.8 Å². The Bertz CT molecular complexity index is 281. The van der Waals surface area contributed by atoms with Crippen LogP contribution in [0.3, 0.4) is 0 Å². The van der Waals surface area contributed by atoms with Gasteiger partial charge in [-0.15, -0.1) is 24.8 Å². The Morgan fingerprint density at radius 1 is 1.00 bits per heavy atom. The molecule has 0 aliphatic heterocycles. The third-order valence-electron chi connectivity index (χ3n) is 2.52. The lowest BCUT2D eigenvalue weighted by Crippen LogP contribution is -2.01. The summed E-state index contributed by atoms with van der Waals surface area (Å²) in [6, 6.07) is 7.86. The Kier molecular flexibility index (Phi) is 14.0. The third-order valence-corrected chi connectivity index (χ3v) is 2.52. The van der Waals surface area contributed by atoms with Crippen LogP contribution in [0.25, 0.3) is 0 Å². The van der Waals surface area contributed by atoms with Crippen molar-refractivity contribution in [3.8, 4) is 0 Å². The normalized spacial score (nSPS) is 9.17. The van der Waals surface area contributed by atoms with Crippen molar-refractivity contribution < 1.29 is 4.74 Å². The van der Waals surface area contributed by atoms with Crippen LogP contribution in [0.5, 0.6) is 0 Å². The van der Waals surface area contributed by atoms with Crippen molar-refractivity contribution >= 4 is 36.2 Å². The average molecular weight is 295 g/mol. The van der Waals surface area contributed by atoms with Crippen molar-refractivity contribution in [1.29, 1.82) is 0 Å². The van der Waals surface area contributed by atoms with Gasteiger partial charge < -0.3 is 15.8 Å². The number of halogens is 2. The summed E-state index contributed by atoms with van der Waals surface area (Å²) in [7, 11) is 1.75. The molecule has 0 fully saturated rings. The van der Waals surface area contributed by atoms with Gasteiger partial charge in [0.1, 0.15) is 0 Å². The van der Waals surface area contributed by atoms with Crippen molar-refractivity contribution in [3.05, 3.63) is 24.3 Å². The molecule has 0 amide bonds. The topological polar surface area (TPSA) is 47.3 Å². The minimum absolute atomic E-state index is 0. The number of rotatable bonds is 8. The van der Waals surface area contributed by atoms with E-state index < -0.39 is 0 Å². The van der Waals surface area contributed by atoms with Gasteiger partial charge >= 0.3 is 0 Å². The molecular weight excluding hydrogens is 271 g/mol. The van der Waals surface area contributed by atoms with Crippen molar-refractivity contribution in [3.63, 3.8) is 0 Å². The summed E-state index contributed by atoms with van der Waals surface area (Å²) >= 11 is 0. The van der Waals surface area contributed by atoms with E-state index in [2.05, 4.69) is 5.32 Å². The van der Waals surface area contributed by atoms with E-state index in [4.69, 9.17) is 10.5 Å². The fourth-order valence-corrected chi connectivity index (χ4v) is 1.56. The number of hydrogen-bond donors (Lipinski definition) is 2. The van der Waals surface area contributed by atoms with E-state index in [0.717, 1.165) is 24.5 Å². The van der Waals surface area contributed by atoms with E-state index in [1.165, 1.54) is 25.7 Å². The van der Waals surface area contributed by atoms with Crippen LogP contribution in [-0.2, 0) is 4.74 Å². The molecule has 0 radical (unpaired) electrons. The van der Waals surface area contributed by atoms with Gasteiger partial charge in [-0.05, 0) is 37.1 Å². The maximum atomic E-state index is 5.61. The molecule has 0 aromatic heterocycles. The molecule has 0 unspecified atom stereocenters. The summed E-state index contributed by atoms with van der Waals surface area (Å²) in [5, 5.41) is 3.38. The lowest BCUT2D eigenvalue weighted by molar-refractivity contribution is 0.192. The highest BCUT2D eigenvalue weighted by Gasteiger charge is 1.92. The predicted octanol–water partition coefficient (Wildman–Crippen LogP) is 3.73. The van der Waals surface area contributed by atoms with Gasteiger partial charge in [0.25, 0.3) is 0 Å². The number of benzene rings is 1. The number of methoxy groups -OCH3 is 1. The molecule has 1 aromatic rings. The number of unbranched alkanes of at least 4 members (excludes halogenated alkanes) is 3. The van der Waals surface area contributed by atoms with Crippen LogP contribution in [0.4, 0.5) is 11.4 Å². The molecule has 0 saturated carbocycles. The second-order valence-corrected chi connectivity index (χ2v) is 3.96. The molecule has 0 bridgehead atoms. The Labute approximate surface area is 122 Å². The SMILES string of the molecule is COCCCCCCNc1ccc(N)cc1.Cl.Cl. The van der Waals surface area contributed by atoms with Crippen LogP contribution in [0.2, 0.25) is 0 Å². The first-order valence-electron chi connectivity index (χ1n) is 5.91. The van der Waals surface area contributed by atoms with E-state index in [1.807, 2.05) is 24.3 Å². The standard InChI is InChI=1S/C13H22N2O.2ClH/c1-16-11-5-3-2-4-10-15-13-8-6-12(14)7-9-13;;/h6-9,15H,2-5,10-11,14H2,1H3;2*1H. The lowest BCUT2D eigenvalue weighted by Gasteiger charge is -2.06. The molecule has 3 nitrogen and oxygen atoms in total. The largest absolute Gasteiger partial charge is 0.399 e. The molecule has 18 heavy (non-hydrogen) atoms. The fourth-order valence-electron chi connectivity index (χ4n) is 1.56. The number of anilines is 2. The summed E-state index contributed by atoms with van der Waals surface area (Å²) in [4.78, 5) is 0. The van der Waals surface area contributed by atoms with Crippen LogP contribution in [0.15, 0.2) is 24.3 Å². The molecule has 0 spiro atoms. The zero-order valence-electron chi connectivity index (χ0n) is 10.9. The summed E-state index contributed by atoms with van der Waals surface area (Å²) in [5.41, 5.74) is 7.56. The van der Waals surface area contributed by atoms with Crippen molar-refractivity contribution in [2.75, 3.05) is 31.3 Å². The van der Waals surface area contributed by atoms with Gasteiger partial charge in [0.05, 0.1) is 0 Å². The summed E-state index contributed by atoms with van der Waals surface area (Å²) in [6.45, 7) is 1.91. The average Bonchev–Trinajstić information content (AvgIpc) is 2.30. The highest BCUT2D eigenvalue weighted by molar-refractivity contribution is 5.85. The maximum absolute atomic E-state index is 5.61. The molecule has 0 aliphatic rings. The van der Waals surface area contributed by atoms with Gasteiger partial charge in [0.15, 0.2) is 0 Å². The van der Waals surface area contributed by atoms with Gasteiger partial charge in [-0.25, -0.2) is 0 Å². The molecule has 0 aliphatic carbocycles. The lowest BCUT2D eigenvalue weighted by atomic mass is 10.2. The summed E-state index contributed by atoms with van der Waals surface area (Å²) in [6.07, 6.45) is 4.87. The van der Waals surface area contributed by atoms with Gasteiger partial charge in [0, 0.05) is 31.6 Å². The number of hydrogen-bond acceptors (Lipinski definition) is 3. The highest BCUT2D eigenvalue weighted by Crippen LogP contribution is 2.10. The minimum Gasteiger partial charge on any atom is -0.399 e. The smallest absolute Gasteiger partial charge is 0.0462 e. The van der Waals surface area contributed by atoms with Crippen molar-refractivity contribution in [1.82, 2.24) is 0 Å². The highest BCUT2D eigenvalue weighted by atomic mass is 35.5. The van der Waals surface area contributed by atoms with Gasteiger partial charge in [-0.2, -0.15) is 0 Å². The zero-order valence-corrected chi connectivity index (χ0v) is 12.5. The van der Waals surface area contributed by atoms with E-state index in [1.54, 1.807) is 7.11 Å². The Morgan fingerprint density at radius 3 is 2.22 bits per heavy atom. The second kappa shape index (κ2) is 12.8. The maximum Gasteiger partial charge on any atom is 0.0462 e. The minimum atomic E-state index is 0. The molecular formula is C13H24Cl2N2O. The fraction of sp³-hybridized carbons (Fsp3) is 0.538. The first-order valence-corrected chi connectivity index (χ1v) is 5.91. The molecule has 0 saturated heterocycles. The van der Waals surface area contributed by atoms with E-state index >= 15 is 0 Å². The number of nitrogen functional groups attached to an aromatic ring is 1. The molecule has 1 aromatic carbocycles. The first-order chi connectivity index (χ1) is 7.83. The molecule has 5 heteroatoms. The molecule has 0 heterocycles. The second-order valence-electron chi connectivity index (χ2n) is 3.96. The van der Waals surface area contributed by atoms with Crippen molar-refractivity contribution in [2.24, 2.45) is 0 Å². The number of ether oxygens (including phenoxy) is 1. The Balaban J connectivity index is 0. The van der Waals surface area contributed by atoms with Crippen LogP contribution in [0.1, 0.15) is 25.7 Å². The van der Waals surface area contributed by atoms with E-state index in [0.29, 0.717) is 0 Å². The summed E-state index contributed by atoms with van der Waals surface area (Å²) in [5.74, 6) is 0. The van der Waals surface area contributed by atoms with E-state index in [-0.39, 0.29) is 24.8 Å². The number of nitrogens with one attached hydrogen (secondary N) is 1. The zero-order chi connectivity index (χ0) is 11.6. The molecule has 1 rings (SSSR count). The molecule has 106 valence electrons. The monoisotopic (exact) mass is 294 g/mol. The van der Waals surface area contributed by atoms with Gasteiger partial charge in [0.2, 0.25) is 0 Å². The van der Waals surface area contributed by atoms with Crippen LogP contribution < -0.4 is 11.1 Å². The Hall–Kier alpha value is -0.640. The Morgan fingerprint density at radius 2 is 1.61 bits per heavy atom. The van der Waals surface area contributed by atoms with E-state index in [9.17, 15) is 0 Å². The first kappa shape index (κ1) is 19.7. The quantitative estimate of drug-likeness (QED) is 0.567. The van der Waals surface area contributed by atoms with Crippen LogP contribution in [0, 0.1) is 0 Å².